The molecule has 2 aromatic carbocycles. The van der Waals surface area contributed by atoms with Crippen LogP contribution in [0.5, 0.6) is 0 Å². The van der Waals surface area contributed by atoms with Gasteiger partial charge in [-0.25, -0.2) is 9.97 Å². The zero-order valence-electron chi connectivity index (χ0n) is 35.8. The van der Waals surface area contributed by atoms with Gasteiger partial charge < -0.3 is 52.7 Å². The number of H-pyrrole nitrogens is 2. The highest BCUT2D eigenvalue weighted by atomic mass is 35.5. The Hall–Kier alpha value is -6.73. The van der Waals surface area contributed by atoms with Gasteiger partial charge in [-0.2, -0.15) is 13.2 Å². The number of carboxylic acid groups (broad SMARTS) is 1. The first kappa shape index (κ1) is 48.7. The Morgan fingerprint density at radius 1 is 0.758 bits per heavy atom. The number of nitrogens with two attached hydrogens (primary N) is 2. The number of hydrogen-bond donors (Lipinski definition) is 9. The predicted octanol–water partition coefficient (Wildman–Crippen LogP) is 8.40. The second-order valence-electron chi connectivity index (χ2n) is 15.9. The molecular formula is C45H50Cl2F3N11O5. The molecule has 66 heavy (non-hydrogen) atoms. The second-order valence-corrected chi connectivity index (χ2v) is 16.8. The number of anilines is 4. The predicted molar refractivity (Wildman–Crippen MR) is 250 cm³/mol. The van der Waals surface area contributed by atoms with E-state index in [0.29, 0.717) is 46.6 Å². The van der Waals surface area contributed by atoms with Crippen molar-refractivity contribution in [1.82, 2.24) is 24.8 Å². The number of carboxylic acids is 1. The number of aliphatic carboxylic acids is 1. The number of halogens is 5. The number of hydrogen-bond acceptors (Lipinski definition) is 10. The molecule has 6 aromatic rings. The number of alkyl halides is 3. The highest BCUT2D eigenvalue weighted by molar-refractivity contribution is 6.31. The standard InChI is InChI=1S/C22H25ClN6O2.C14H18N4O.C9H7ClF3NO2/c1-13-7-14(23)9-16(8-13)26-11-19(30)29-6-2-3-15(12-29)28-20-17-4-5-25-22(17)27-10-18(20)21(24)31;15-13(19)11-8-17-14-10(6-7-16-14)12(11)18-9-4-2-1-3-5-9;10-6-1-5(9(11,12)13)2-7(3-6)14-4-8(15)16/h4-5,7-10,15,26H,2-3,6,11-12H2,1H3,(H2,24,31)(H2,25,27,28);6-9H,1-5H2,(H2,15,19)(H2,16,17,18);1-3,14H,4H2,(H,15,16). The summed E-state index contributed by atoms with van der Waals surface area (Å²) in [5.74, 6) is -2.13. The Labute approximate surface area is 387 Å². The number of nitrogens with one attached hydrogen (secondary N) is 6. The molecule has 350 valence electrons. The Kier molecular flexibility index (Phi) is 16.2. The molecule has 16 nitrogen and oxygen atoms in total. The molecule has 1 saturated heterocycles. The van der Waals surface area contributed by atoms with E-state index in [-0.39, 0.29) is 29.2 Å². The van der Waals surface area contributed by atoms with Crippen molar-refractivity contribution in [2.45, 2.75) is 70.1 Å². The number of pyridine rings is 2. The number of rotatable bonds is 12. The molecule has 4 aromatic heterocycles. The minimum absolute atomic E-state index is 0.00436. The number of aromatic amines is 2. The third-order valence-corrected chi connectivity index (χ3v) is 11.4. The topological polar surface area (TPSA) is 249 Å². The zero-order chi connectivity index (χ0) is 47.5. The molecule has 1 aliphatic carbocycles. The number of amides is 3. The van der Waals surface area contributed by atoms with Gasteiger partial charge in [-0.15, -0.1) is 0 Å². The number of nitrogens with zero attached hydrogens (tertiary/aromatic N) is 3. The summed E-state index contributed by atoms with van der Waals surface area (Å²) >= 11 is 11.6. The van der Waals surface area contributed by atoms with Crippen LogP contribution in [-0.4, -0.2) is 91.9 Å². The van der Waals surface area contributed by atoms with Crippen molar-refractivity contribution in [2.24, 2.45) is 11.5 Å². The normalized spacial score (nSPS) is 15.2. The van der Waals surface area contributed by atoms with E-state index < -0.39 is 36.1 Å². The molecule has 3 amide bonds. The van der Waals surface area contributed by atoms with E-state index >= 15 is 0 Å². The van der Waals surface area contributed by atoms with Crippen LogP contribution in [0.15, 0.2) is 73.3 Å². The van der Waals surface area contributed by atoms with Crippen LogP contribution in [0, 0.1) is 6.92 Å². The van der Waals surface area contributed by atoms with Gasteiger partial charge in [0.1, 0.15) is 17.8 Å². The summed E-state index contributed by atoms with van der Waals surface area (Å²) < 4.78 is 37.0. The minimum Gasteiger partial charge on any atom is -0.480 e. The van der Waals surface area contributed by atoms with Crippen LogP contribution in [0.3, 0.4) is 0 Å². The molecule has 1 unspecified atom stereocenters. The third-order valence-electron chi connectivity index (χ3n) is 10.9. The first-order chi connectivity index (χ1) is 31.4. The summed E-state index contributed by atoms with van der Waals surface area (Å²) in [4.78, 5) is 62.9. The minimum atomic E-state index is -4.51. The van der Waals surface area contributed by atoms with E-state index in [4.69, 9.17) is 39.8 Å². The summed E-state index contributed by atoms with van der Waals surface area (Å²) in [7, 11) is 0. The Morgan fingerprint density at radius 3 is 1.83 bits per heavy atom. The summed E-state index contributed by atoms with van der Waals surface area (Å²) in [6.45, 7) is 2.92. The fourth-order valence-corrected chi connectivity index (χ4v) is 8.36. The van der Waals surface area contributed by atoms with Gasteiger partial charge in [-0.05, 0) is 86.7 Å². The highest BCUT2D eigenvalue weighted by Crippen LogP contribution is 2.34. The number of aromatic nitrogens is 4. The van der Waals surface area contributed by atoms with E-state index in [1.807, 2.05) is 42.3 Å². The molecule has 11 N–H and O–H groups in total. The zero-order valence-corrected chi connectivity index (χ0v) is 37.3. The first-order valence-electron chi connectivity index (χ1n) is 21.1. The van der Waals surface area contributed by atoms with Crippen LogP contribution in [0.4, 0.5) is 35.9 Å². The van der Waals surface area contributed by atoms with Gasteiger partial charge in [0.05, 0.1) is 34.6 Å². The number of likely N-dealkylation sites (tertiary alicyclic amines) is 1. The average molecular weight is 953 g/mol. The maximum absolute atomic E-state index is 12.8. The molecule has 2 fully saturated rings. The molecule has 0 spiro atoms. The number of carbonyl (C=O) groups is 4. The van der Waals surface area contributed by atoms with Crippen LogP contribution in [-0.2, 0) is 15.8 Å². The van der Waals surface area contributed by atoms with Gasteiger partial charge in [0, 0.05) is 82.2 Å². The molecule has 1 aliphatic heterocycles. The Balaban J connectivity index is 0.000000176. The molecule has 2 aliphatic rings. The van der Waals surface area contributed by atoms with Crippen molar-refractivity contribution in [2.75, 3.05) is 47.4 Å². The number of primary amides is 2. The molecule has 0 bridgehead atoms. The number of benzene rings is 2. The van der Waals surface area contributed by atoms with Crippen molar-refractivity contribution in [3.8, 4) is 0 Å². The number of fused-ring (bicyclic) bond motifs is 2. The highest BCUT2D eigenvalue weighted by Gasteiger charge is 2.31. The molecule has 0 radical (unpaired) electrons. The van der Waals surface area contributed by atoms with Crippen molar-refractivity contribution in [3.63, 3.8) is 0 Å². The molecule has 8 rings (SSSR count). The van der Waals surface area contributed by atoms with E-state index in [0.717, 1.165) is 71.2 Å². The van der Waals surface area contributed by atoms with Crippen molar-refractivity contribution >= 4 is 91.7 Å². The maximum atomic E-state index is 12.8. The average Bonchev–Trinajstić information content (AvgIpc) is 3.96. The largest absolute Gasteiger partial charge is 0.480 e. The molecule has 21 heteroatoms. The summed E-state index contributed by atoms with van der Waals surface area (Å²) in [6.07, 6.45) is 9.95. The van der Waals surface area contributed by atoms with Gasteiger partial charge in [0.15, 0.2) is 0 Å². The monoisotopic (exact) mass is 951 g/mol. The number of aryl methyl sites for hydroxylation is 1. The van der Waals surface area contributed by atoms with Gasteiger partial charge in [-0.3, -0.25) is 19.2 Å². The van der Waals surface area contributed by atoms with Crippen LogP contribution < -0.4 is 32.7 Å². The van der Waals surface area contributed by atoms with Crippen molar-refractivity contribution < 1.29 is 37.5 Å². The lowest BCUT2D eigenvalue weighted by molar-refractivity contribution is -0.137. The fourth-order valence-electron chi connectivity index (χ4n) is 7.84. The molecule has 5 heterocycles. The molecular weight excluding hydrogens is 902 g/mol. The lowest BCUT2D eigenvalue weighted by Gasteiger charge is -2.34. The SMILES string of the molecule is Cc1cc(Cl)cc(NCC(=O)N2CCCC(Nc3c(C(N)=O)cnc4[nH]ccc34)C2)c1.NC(=O)c1cnc2[nH]ccc2c1NC1CCCCC1.O=C(O)CNc1cc(Cl)cc(C(F)(F)F)c1. The van der Waals surface area contributed by atoms with E-state index in [9.17, 15) is 32.3 Å². The maximum Gasteiger partial charge on any atom is 0.416 e. The number of carbonyl (C=O) groups excluding carboxylic acids is 3. The lowest BCUT2D eigenvalue weighted by atomic mass is 9.95. The van der Waals surface area contributed by atoms with E-state index in [2.05, 4.69) is 41.2 Å². The Morgan fingerprint density at radius 2 is 1.29 bits per heavy atom. The second kappa shape index (κ2) is 22.0. The van der Waals surface area contributed by atoms with Gasteiger partial charge in [0.2, 0.25) is 5.91 Å². The van der Waals surface area contributed by atoms with Crippen LogP contribution in [0.25, 0.3) is 22.1 Å². The summed E-state index contributed by atoms with van der Waals surface area (Å²) in [6, 6.07) is 12.6. The van der Waals surface area contributed by atoms with Crippen LogP contribution >= 0.6 is 23.2 Å². The van der Waals surface area contributed by atoms with Crippen molar-refractivity contribution in [1.29, 1.82) is 0 Å². The van der Waals surface area contributed by atoms with Gasteiger partial charge in [0.25, 0.3) is 11.8 Å². The van der Waals surface area contributed by atoms with E-state index in [1.165, 1.54) is 31.5 Å². The molecule has 1 atom stereocenters. The summed E-state index contributed by atoms with van der Waals surface area (Å²) in [5.41, 5.74) is 15.7. The van der Waals surface area contributed by atoms with E-state index in [1.54, 1.807) is 18.5 Å². The Bertz CT molecular complexity index is 2670. The first-order valence-corrected chi connectivity index (χ1v) is 21.9. The summed E-state index contributed by atoms with van der Waals surface area (Å²) in [5, 5.41) is 23.0. The van der Waals surface area contributed by atoms with Crippen LogP contribution in [0.1, 0.15) is 76.8 Å². The number of piperidine rings is 1. The lowest BCUT2D eigenvalue weighted by Crippen LogP contribution is -2.47. The smallest absolute Gasteiger partial charge is 0.416 e. The third kappa shape index (κ3) is 13.2. The van der Waals surface area contributed by atoms with Gasteiger partial charge in [-0.1, -0.05) is 42.5 Å². The van der Waals surface area contributed by atoms with Crippen LogP contribution in [0.2, 0.25) is 10.0 Å². The molecule has 1 saturated carbocycles. The fraction of sp³-hybridized carbons (Fsp3) is 0.333. The van der Waals surface area contributed by atoms with Gasteiger partial charge >= 0.3 is 12.1 Å². The quantitative estimate of drug-likeness (QED) is 0.0563. The van der Waals surface area contributed by atoms with Crippen molar-refractivity contribution in [3.05, 3.63) is 106 Å².